The van der Waals surface area contributed by atoms with Crippen LogP contribution in [0.3, 0.4) is 0 Å². The molecular formula is C17H14F2INO4. The van der Waals surface area contributed by atoms with Crippen LogP contribution in [0, 0.1) is 10.5 Å². The molecule has 25 heavy (non-hydrogen) atoms. The molecule has 0 saturated carbocycles. The fourth-order valence-corrected chi connectivity index (χ4v) is 2.59. The lowest BCUT2D eigenvalue weighted by Crippen LogP contribution is -2.21. The summed E-state index contributed by atoms with van der Waals surface area (Å²) in [4.78, 5) is 23.7. The summed E-state index contributed by atoms with van der Waals surface area (Å²) in [7, 11) is 0. The van der Waals surface area contributed by atoms with Crippen molar-refractivity contribution >= 4 is 40.2 Å². The van der Waals surface area contributed by atoms with Crippen molar-refractivity contribution in [2.75, 3.05) is 11.9 Å². The summed E-state index contributed by atoms with van der Waals surface area (Å²) in [6.07, 6.45) is 0. The van der Waals surface area contributed by atoms with E-state index in [0.717, 1.165) is 9.13 Å². The SMILES string of the molecule is Cc1cc(I)ccc1NC(=O)COC(=O)c1ccc(OC(F)F)cc1. The zero-order chi connectivity index (χ0) is 18.4. The molecule has 1 N–H and O–H groups in total. The molecule has 2 aromatic carbocycles. The van der Waals surface area contributed by atoms with Crippen LogP contribution in [0.15, 0.2) is 42.5 Å². The monoisotopic (exact) mass is 461 g/mol. The number of esters is 1. The second-order valence-corrected chi connectivity index (χ2v) is 6.23. The highest BCUT2D eigenvalue weighted by molar-refractivity contribution is 14.1. The zero-order valence-electron chi connectivity index (χ0n) is 13.1. The molecule has 0 unspecified atom stereocenters. The van der Waals surface area contributed by atoms with Crippen molar-refractivity contribution in [3.8, 4) is 5.75 Å². The van der Waals surface area contributed by atoms with Crippen molar-refractivity contribution in [2.24, 2.45) is 0 Å². The summed E-state index contributed by atoms with van der Waals surface area (Å²) in [5.74, 6) is -1.29. The van der Waals surface area contributed by atoms with Crippen LogP contribution in [0.4, 0.5) is 14.5 Å². The molecule has 0 heterocycles. The third-order valence-electron chi connectivity index (χ3n) is 3.11. The van der Waals surface area contributed by atoms with Crippen molar-refractivity contribution in [2.45, 2.75) is 13.5 Å². The van der Waals surface area contributed by atoms with Gasteiger partial charge in [0.25, 0.3) is 5.91 Å². The van der Waals surface area contributed by atoms with Gasteiger partial charge in [-0.2, -0.15) is 8.78 Å². The average molecular weight is 461 g/mol. The lowest BCUT2D eigenvalue weighted by molar-refractivity contribution is -0.119. The van der Waals surface area contributed by atoms with Crippen LogP contribution in [0.5, 0.6) is 5.75 Å². The van der Waals surface area contributed by atoms with Gasteiger partial charge in [-0.3, -0.25) is 4.79 Å². The summed E-state index contributed by atoms with van der Waals surface area (Å²) in [6, 6.07) is 10.5. The van der Waals surface area contributed by atoms with Gasteiger partial charge >= 0.3 is 12.6 Å². The molecule has 0 radical (unpaired) electrons. The summed E-state index contributed by atoms with van der Waals surface area (Å²) < 4.78 is 34.2. The predicted octanol–water partition coefficient (Wildman–Crippen LogP) is 4.00. The van der Waals surface area contributed by atoms with E-state index in [1.807, 2.05) is 19.1 Å². The molecule has 0 spiro atoms. The quantitative estimate of drug-likeness (QED) is 0.522. The minimum Gasteiger partial charge on any atom is -0.452 e. The molecule has 0 aliphatic carbocycles. The number of rotatable bonds is 6. The first-order chi connectivity index (χ1) is 11.8. The number of aryl methyl sites for hydroxylation is 1. The Balaban J connectivity index is 1.87. The Kier molecular flexibility index (Phi) is 6.68. The van der Waals surface area contributed by atoms with E-state index in [1.54, 1.807) is 6.07 Å². The van der Waals surface area contributed by atoms with Crippen molar-refractivity contribution in [1.29, 1.82) is 0 Å². The van der Waals surface area contributed by atoms with Gasteiger partial charge in [-0.05, 0) is 77.5 Å². The van der Waals surface area contributed by atoms with Crippen LogP contribution in [-0.2, 0) is 9.53 Å². The first-order valence-corrected chi connectivity index (χ1v) is 8.21. The van der Waals surface area contributed by atoms with Gasteiger partial charge in [0.1, 0.15) is 5.75 Å². The van der Waals surface area contributed by atoms with Crippen LogP contribution in [0.25, 0.3) is 0 Å². The van der Waals surface area contributed by atoms with Crippen LogP contribution < -0.4 is 10.1 Å². The maximum atomic E-state index is 12.1. The number of benzene rings is 2. The zero-order valence-corrected chi connectivity index (χ0v) is 15.3. The normalized spacial score (nSPS) is 10.4. The van der Waals surface area contributed by atoms with Gasteiger partial charge in [-0.15, -0.1) is 0 Å². The molecule has 0 aliphatic heterocycles. The average Bonchev–Trinajstić information content (AvgIpc) is 2.55. The Hall–Kier alpha value is -2.23. The smallest absolute Gasteiger partial charge is 0.387 e. The fourth-order valence-electron chi connectivity index (χ4n) is 1.94. The lowest BCUT2D eigenvalue weighted by Gasteiger charge is -2.09. The fraction of sp³-hybridized carbons (Fsp3) is 0.176. The number of anilines is 1. The Morgan fingerprint density at radius 3 is 2.44 bits per heavy atom. The maximum absolute atomic E-state index is 12.1. The van der Waals surface area contributed by atoms with Crippen LogP contribution >= 0.6 is 22.6 Å². The minimum atomic E-state index is -2.94. The molecule has 5 nitrogen and oxygen atoms in total. The molecule has 0 atom stereocenters. The molecule has 0 aliphatic rings. The van der Waals surface area contributed by atoms with Crippen LogP contribution in [0.1, 0.15) is 15.9 Å². The molecule has 132 valence electrons. The van der Waals surface area contributed by atoms with Gasteiger partial charge in [-0.25, -0.2) is 4.79 Å². The first kappa shape index (κ1) is 19.1. The summed E-state index contributed by atoms with van der Waals surface area (Å²) in [6.45, 7) is -1.54. The molecule has 0 aromatic heterocycles. The Morgan fingerprint density at radius 1 is 1.16 bits per heavy atom. The van der Waals surface area contributed by atoms with E-state index >= 15 is 0 Å². The Bertz CT molecular complexity index is 766. The number of alkyl halides is 2. The van der Waals surface area contributed by atoms with Gasteiger partial charge in [0.15, 0.2) is 6.61 Å². The van der Waals surface area contributed by atoms with Crippen LogP contribution in [-0.4, -0.2) is 25.1 Å². The molecule has 8 heteroatoms. The molecule has 2 aromatic rings. The van der Waals surface area contributed by atoms with Crippen LogP contribution in [0.2, 0.25) is 0 Å². The number of ether oxygens (including phenoxy) is 2. The van der Waals surface area contributed by atoms with Crippen molar-refractivity contribution in [1.82, 2.24) is 0 Å². The second-order valence-electron chi connectivity index (χ2n) is 4.99. The van der Waals surface area contributed by atoms with Gasteiger partial charge in [0.05, 0.1) is 5.56 Å². The van der Waals surface area contributed by atoms with Gasteiger partial charge < -0.3 is 14.8 Å². The summed E-state index contributed by atoms with van der Waals surface area (Å²) >= 11 is 2.16. The maximum Gasteiger partial charge on any atom is 0.387 e. The van der Waals surface area contributed by atoms with Crippen molar-refractivity contribution in [3.63, 3.8) is 0 Å². The highest BCUT2D eigenvalue weighted by Crippen LogP contribution is 2.18. The van der Waals surface area contributed by atoms with Crippen molar-refractivity contribution < 1.29 is 27.8 Å². The molecule has 0 bridgehead atoms. The molecular weight excluding hydrogens is 447 g/mol. The minimum absolute atomic E-state index is 0.0709. The standard InChI is InChI=1S/C17H14F2INO4/c1-10-8-12(20)4-7-14(10)21-15(22)9-24-16(23)11-2-5-13(6-3-11)25-17(18)19/h2-8,17H,9H2,1H3,(H,21,22). The molecule has 0 saturated heterocycles. The molecule has 0 fully saturated rings. The number of amides is 1. The van der Waals surface area contributed by atoms with Gasteiger partial charge in [-0.1, -0.05) is 0 Å². The summed E-state index contributed by atoms with van der Waals surface area (Å²) in [5.41, 5.74) is 1.65. The number of halogens is 3. The number of carbonyl (C=O) groups is 2. The van der Waals surface area contributed by atoms with E-state index in [0.29, 0.717) is 5.69 Å². The van der Waals surface area contributed by atoms with E-state index in [9.17, 15) is 18.4 Å². The largest absolute Gasteiger partial charge is 0.452 e. The highest BCUT2D eigenvalue weighted by atomic mass is 127. The van der Waals surface area contributed by atoms with E-state index in [2.05, 4.69) is 32.6 Å². The van der Waals surface area contributed by atoms with E-state index in [1.165, 1.54) is 24.3 Å². The third-order valence-corrected chi connectivity index (χ3v) is 3.78. The molecule has 2 rings (SSSR count). The van der Waals surface area contributed by atoms with Crippen molar-refractivity contribution in [3.05, 3.63) is 57.2 Å². The van der Waals surface area contributed by atoms with E-state index in [-0.39, 0.29) is 11.3 Å². The highest BCUT2D eigenvalue weighted by Gasteiger charge is 2.12. The van der Waals surface area contributed by atoms with Gasteiger partial charge in [0.2, 0.25) is 0 Å². The number of hydrogen-bond donors (Lipinski definition) is 1. The second kappa shape index (κ2) is 8.75. The van der Waals surface area contributed by atoms with Gasteiger partial charge in [0, 0.05) is 9.26 Å². The Labute approximate surface area is 156 Å². The summed E-state index contributed by atoms with van der Waals surface area (Å²) in [5, 5.41) is 2.65. The Morgan fingerprint density at radius 2 is 1.84 bits per heavy atom. The van der Waals surface area contributed by atoms with E-state index < -0.39 is 25.1 Å². The first-order valence-electron chi connectivity index (χ1n) is 7.13. The number of carbonyl (C=O) groups excluding carboxylic acids is 2. The topological polar surface area (TPSA) is 64.6 Å². The predicted molar refractivity (Wildman–Crippen MR) is 95.9 cm³/mol. The third kappa shape index (κ3) is 5.96. The number of hydrogen-bond acceptors (Lipinski definition) is 4. The number of nitrogens with one attached hydrogen (secondary N) is 1. The lowest BCUT2D eigenvalue weighted by atomic mass is 10.2. The van der Waals surface area contributed by atoms with E-state index in [4.69, 9.17) is 4.74 Å². The molecule has 1 amide bonds.